The first-order valence-electron chi connectivity index (χ1n) is 6.25. The third-order valence-electron chi connectivity index (χ3n) is 2.73. The summed E-state index contributed by atoms with van der Waals surface area (Å²) in [4.78, 5) is 23.1. The van der Waals surface area contributed by atoms with Gasteiger partial charge in [-0.25, -0.2) is 0 Å². The highest BCUT2D eigenvalue weighted by atomic mass is 16.5. The first-order valence-corrected chi connectivity index (χ1v) is 6.25. The monoisotopic (exact) mass is 281 g/mol. The number of aliphatic hydroxyl groups is 1. The van der Waals surface area contributed by atoms with Crippen LogP contribution in [-0.4, -0.2) is 47.8 Å². The molecule has 1 rings (SSSR count). The molecule has 1 aromatic rings. The number of nitrogens with one attached hydrogen (secondary N) is 1. The standard InChI is InChI=1S/C14H19NO5/c1-9(16)8-15-12(7-13(17)18)14(19)10-3-5-11(20-2)6-4-10/h3-6,9,12,15-16H,7-8H2,1-2H3,(H,17,18). The molecule has 0 saturated carbocycles. The molecule has 2 unspecified atom stereocenters. The van der Waals surface area contributed by atoms with Crippen LogP contribution in [0.3, 0.4) is 0 Å². The van der Waals surface area contributed by atoms with Crippen LogP contribution in [0, 0.1) is 0 Å². The van der Waals surface area contributed by atoms with E-state index >= 15 is 0 Å². The first-order chi connectivity index (χ1) is 9.43. The van der Waals surface area contributed by atoms with Gasteiger partial charge in [-0.1, -0.05) is 0 Å². The Balaban J connectivity index is 2.81. The number of ketones is 1. The van der Waals surface area contributed by atoms with Crippen molar-refractivity contribution in [2.24, 2.45) is 0 Å². The van der Waals surface area contributed by atoms with Crippen LogP contribution in [0.4, 0.5) is 0 Å². The normalized spacial score (nSPS) is 13.6. The minimum atomic E-state index is -1.07. The highest BCUT2D eigenvalue weighted by Crippen LogP contribution is 2.13. The van der Waals surface area contributed by atoms with Gasteiger partial charge in [0.25, 0.3) is 0 Å². The average molecular weight is 281 g/mol. The zero-order valence-corrected chi connectivity index (χ0v) is 11.5. The van der Waals surface area contributed by atoms with Crippen LogP contribution in [0.2, 0.25) is 0 Å². The molecule has 0 saturated heterocycles. The quantitative estimate of drug-likeness (QED) is 0.607. The number of carbonyl (C=O) groups is 2. The van der Waals surface area contributed by atoms with E-state index in [0.717, 1.165) is 0 Å². The topological polar surface area (TPSA) is 95.9 Å². The van der Waals surface area contributed by atoms with E-state index in [0.29, 0.717) is 11.3 Å². The molecule has 0 aliphatic heterocycles. The van der Waals surface area contributed by atoms with Gasteiger partial charge in [0.1, 0.15) is 5.75 Å². The highest BCUT2D eigenvalue weighted by molar-refractivity contribution is 6.01. The minimum Gasteiger partial charge on any atom is -0.497 e. The van der Waals surface area contributed by atoms with Gasteiger partial charge >= 0.3 is 5.97 Å². The smallest absolute Gasteiger partial charge is 0.305 e. The number of ether oxygens (including phenoxy) is 1. The molecule has 0 fully saturated rings. The Morgan fingerprint density at radius 1 is 1.30 bits per heavy atom. The zero-order chi connectivity index (χ0) is 15.1. The Bertz CT molecular complexity index is 455. The van der Waals surface area contributed by atoms with E-state index in [4.69, 9.17) is 9.84 Å². The van der Waals surface area contributed by atoms with Gasteiger partial charge in [0.2, 0.25) is 0 Å². The van der Waals surface area contributed by atoms with Crippen molar-refractivity contribution in [3.8, 4) is 5.75 Å². The second kappa shape index (κ2) is 7.62. The van der Waals surface area contributed by atoms with E-state index < -0.39 is 18.1 Å². The number of carboxylic acids is 1. The molecule has 0 aliphatic rings. The number of methoxy groups -OCH3 is 1. The van der Waals surface area contributed by atoms with Gasteiger partial charge in [-0.15, -0.1) is 0 Å². The van der Waals surface area contributed by atoms with E-state index in [1.165, 1.54) is 7.11 Å². The van der Waals surface area contributed by atoms with Crippen LogP contribution in [0.15, 0.2) is 24.3 Å². The summed E-state index contributed by atoms with van der Waals surface area (Å²) in [5.41, 5.74) is 0.398. The predicted octanol–water partition coefficient (Wildman–Crippen LogP) is 0.692. The zero-order valence-electron chi connectivity index (χ0n) is 11.5. The summed E-state index contributed by atoms with van der Waals surface area (Å²) in [5.74, 6) is -0.779. The van der Waals surface area contributed by atoms with Gasteiger partial charge in [0.05, 0.1) is 25.7 Å². The molecule has 6 nitrogen and oxygen atoms in total. The van der Waals surface area contributed by atoms with Crippen LogP contribution in [0.5, 0.6) is 5.75 Å². The summed E-state index contributed by atoms with van der Waals surface area (Å²) in [6.45, 7) is 1.71. The number of hydrogen-bond acceptors (Lipinski definition) is 5. The second-order valence-electron chi connectivity index (χ2n) is 4.50. The van der Waals surface area contributed by atoms with Gasteiger partial charge < -0.3 is 20.3 Å². The molecule has 0 heterocycles. The van der Waals surface area contributed by atoms with E-state index in [9.17, 15) is 14.7 Å². The van der Waals surface area contributed by atoms with Crippen molar-refractivity contribution in [1.29, 1.82) is 0 Å². The molecule has 3 N–H and O–H groups in total. The molecule has 110 valence electrons. The number of carboxylic acid groups (broad SMARTS) is 1. The molecular weight excluding hydrogens is 262 g/mol. The molecule has 0 amide bonds. The van der Waals surface area contributed by atoms with Gasteiger partial charge in [0.15, 0.2) is 5.78 Å². The lowest BCUT2D eigenvalue weighted by Crippen LogP contribution is -2.41. The lowest BCUT2D eigenvalue weighted by atomic mass is 10.0. The molecule has 20 heavy (non-hydrogen) atoms. The van der Waals surface area contributed by atoms with Crippen molar-refractivity contribution < 1.29 is 24.5 Å². The summed E-state index contributed by atoms with van der Waals surface area (Å²) >= 11 is 0. The summed E-state index contributed by atoms with van der Waals surface area (Å²) < 4.78 is 5.00. The van der Waals surface area contributed by atoms with Gasteiger partial charge in [-0.3, -0.25) is 9.59 Å². The fourth-order valence-electron chi connectivity index (χ4n) is 1.70. The number of rotatable bonds is 8. The Kier molecular flexibility index (Phi) is 6.14. The molecule has 1 aromatic carbocycles. The Hall–Kier alpha value is -1.92. The molecule has 0 radical (unpaired) electrons. The van der Waals surface area contributed by atoms with Crippen molar-refractivity contribution >= 4 is 11.8 Å². The van der Waals surface area contributed by atoms with Crippen LogP contribution >= 0.6 is 0 Å². The summed E-state index contributed by atoms with van der Waals surface area (Å²) in [6.07, 6.45) is -0.993. The lowest BCUT2D eigenvalue weighted by molar-refractivity contribution is -0.137. The van der Waals surface area contributed by atoms with E-state index in [1.807, 2.05) is 0 Å². The predicted molar refractivity (Wildman–Crippen MR) is 73.0 cm³/mol. The first kappa shape index (κ1) is 16.1. The molecule has 0 aromatic heterocycles. The molecule has 0 bridgehead atoms. The van der Waals surface area contributed by atoms with Crippen molar-refractivity contribution in [3.05, 3.63) is 29.8 Å². The van der Waals surface area contributed by atoms with Crippen LogP contribution < -0.4 is 10.1 Å². The van der Waals surface area contributed by atoms with Gasteiger partial charge in [0, 0.05) is 12.1 Å². The number of benzene rings is 1. The fraction of sp³-hybridized carbons (Fsp3) is 0.429. The number of hydrogen-bond donors (Lipinski definition) is 3. The highest BCUT2D eigenvalue weighted by Gasteiger charge is 2.22. The maximum absolute atomic E-state index is 12.2. The molecule has 0 aliphatic carbocycles. The van der Waals surface area contributed by atoms with Crippen LogP contribution in [-0.2, 0) is 4.79 Å². The Labute approximate surface area is 117 Å². The van der Waals surface area contributed by atoms with Gasteiger partial charge in [-0.2, -0.15) is 0 Å². The third kappa shape index (κ3) is 4.99. The lowest BCUT2D eigenvalue weighted by Gasteiger charge is -2.17. The van der Waals surface area contributed by atoms with Crippen molar-refractivity contribution in [2.75, 3.05) is 13.7 Å². The van der Waals surface area contributed by atoms with E-state index in [-0.39, 0.29) is 18.7 Å². The van der Waals surface area contributed by atoms with Crippen LogP contribution in [0.1, 0.15) is 23.7 Å². The Morgan fingerprint density at radius 2 is 1.90 bits per heavy atom. The minimum absolute atomic E-state index is 0.153. The molecule has 6 heteroatoms. The van der Waals surface area contributed by atoms with Crippen molar-refractivity contribution in [3.63, 3.8) is 0 Å². The maximum Gasteiger partial charge on any atom is 0.305 e. The van der Waals surface area contributed by atoms with Crippen LogP contribution in [0.25, 0.3) is 0 Å². The number of aliphatic carboxylic acids is 1. The largest absolute Gasteiger partial charge is 0.497 e. The molecular formula is C14H19NO5. The number of aliphatic hydroxyl groups excluding tert-OH is 1. The Morgan fingerprint density at radius 3 is 2.35 bits per heavy atom. The summed E-state index contributed by atoms with van der Waals surface area (Å²) in [5, 5.41) is 20.8. The number of carbonyl (C=O) groups excluding carboxylic acids is 1. The van der Waals surface area contributed by atoms with E-state index in [2.05, 4.69) is 5.32 Å². The maximum atomic E-state index is 12.2. The summed E-state index contributed by atoms with van der Waals surface area (Å²) in [6, 6.07) is 5.58. The average Bonchev–Trinajstić information content (AvgIpc) is 2.42. The second-order valence-corrected chi connectivity index (χ2v) is 4.50. The van der Waals surface area contributed by atoms with Gasteiger partial charge in [-0.05, 0) is 31.2 Å². The SMILES string of the molecule is COc1ccc(C(=O)C(CC(=O)O)NCC(C)O)cc1. The molecule has 2 atom stereocenters. The number of Topliss-reactive ketones (excluding diaryl/α,β-unsaturated/α-hetero) is 1. The van der Waals surface area contributed by atoms with E-state index in [1.54, 1.807) is 31.2 Å². The summed E-state index contributed by atoms with van der Waals surface area (Å²) in [7, 11) is 1.52. The molecule has 0 spiro atoms. The van der Waals surface area contributed by atoms with Crippen molar-refractivity contribution in [1.82, 2.24) is 5.32 Å². The fourth-order valence-corrected chi connectivity index (χ4v) is 1.70. The van der Waals surface area contributed by atoms with Crippen molar-refractivity contribution in [2.45, 2.75) is 25.5 Å². The third-order valence-corrected chi connectivity index (χ3v) is 2.73.